The number of carbonyl (C=O) groups excluding carboxylic acids is 1. The van der Waals surface area contributed by atoms with E-state index in [-0.39, 0.29) is 17.7 Å². The number of nitrogens with two attached hydrogens (primary N) is 1. The largest absolute Gasteiger partial charge is 0.462 e. The molecule has 0 saturated heterocycles. The number of benzene rings is 1. The van der Waals surface area contributed by atoms with Crippen LogP contribution in [0.15, 0.2) is 41.4 Å². The molecule has 0 atom stereocenters. The van der Waals surface area contributed by atoms with Gasteiger partial charge in [0.2, 0.25) is 0 Å². The number of thiol groups is 1. The van der Waals surface area contributed by atoms with Gasteiger partial charge in [0.25, 0.3) is 6.43 Å². The molecule has 1 aromatic rings. The van der Waals surface area contributed by atoms with Gasteiger partial charge in [0.1, 0.15) is 0 Å². The molecule has 6 heteroatoms. The zero-order chi connectivity index (χ0) is 15.1. The van der Waals surface area contributed by atoms with Crippen LogP contribution in [0.2, 0.25) is 0 Å². The average molecular weight is 299 g/mol. The number of halogens is 2. The zero-order valence-corrected chi connectivity index (χ0v) is 11.7. The summed E-state index contributed by atoms with van der Waals surface area (Å²) in [6.07, 6.45) is -1.43. The Labute approximate surface area is 121 Å². The van der Waals surface area contributed by atoms with E-state index in [1.807, 2.05) is 0 Å². The maximum atomic E-state index is 12.5. The summed E-state index contributed by atoms with van der Waals surface area (Å²) < 4.78 is 29.9. The molecule has 1 rings (SSSR count). The van der Waals surface area contributed by atoms with Gasteiger partial charge in [-0.05, 0) is 17.9 Å². The zero-order valence-electron chi connectivity index (χ0n) is 10.8. The van der Waals surface area contributed by atoms with Gasteiger partial charge in [-0.3, -0.25) is 0 Å². The first-order chi connectivity index (χ1) is 9.54. The van der Waals surface area contributed by atoms with Crippen LogP contribution in [0.4, 0.5) is 8.78 Å². The highest BCUT2D eigenvalue weighted by Crippen LogP contribution is 2.27. The lowest BCUT2D eigenvalue weighted by Crippen LogP contribution is -2.11. The van der Waals surface area contributed by atoms with Crippen LogP contribution < -0.4 is 5.73 Å². The first-order valence-electron chi connectivity index (χ1n) is 5.87. The van der Waals surface area contributed by atoms with Crippen molar-refractivity contribution in [3.05, 3.63) is 52.6 Å². The van der Waals surface area contributed by atoms with Crippen molar-refractivity contribution in [3.63, 3.8) is 0 Å². The van der Waals surface area contributed by atoms with E-state index in [1.54, 1.807) is 6.92 Å². The fourth-order valence-electron chi connectivity index (χ4n) is 1.58. The second-order valence-electron chi connectivity index (χ2n) is 3.77. The number of carbonyl (C=O) groups is 1. The minimum absolute atomic E-state index is 0.0957. The normalized spacial score (nSPS) is 12.7. The quantitative estimate of drug-likeness (QED) is 0.379. The molecule has 0 fully saturated rings. The Kier molecular flexibility index (Phi) is 6.24. The Morgan fingerprint density at radius 1 is 1.40 bits per heavy atom. The fourth-order valence-corrected chi connectivity index (χ4v) is 1.87. The van der Waals surface area contributed by atoms with E-state index >= 15 is 0 Å². The maximum absolute atomic E-state index is 12.5. The number of hydrogen-bond donors (Lipinski definition) is 2. The van der Waals surface area contributed by atoms with Crippen molar-refractivity contribution < 1.29 is 18.3 Å². The maximum Gasteiger partial charge on any atom is 0.340 e. The van der Waals surface area contributed by atoms with Crippen LogP contribution in [0.3, 0.4) is 0 Å². The third-order valence-corrected chi connectivity index (χ3v) is 2.81. The molecular weight excluding hydrogens is 284 g/mol. The molecule has 0 heterocycles. The second kappa shape index (κ2) is 7.69. The Hall–Kier alpha value is -1.82. The lowest BCUT2D eigenvalue weighted by Gasteiger charge is -2.11. The minimum Gasteiger partial charge on any atom is -0.462 e. The van der Waals surface area contributed by atoms with E-state index in [9.17, 15) is 13.6 Å². The molecule has 0 aromatic heterocycles. The molecule has 0 radical (unpaired) electrons. The average Bonchev–Trinajstić information content (AvgIpc) is 2.44. The SMILES string of the molecule is CCOC(=O)C(=C\N)/C(=C\S)c1ccc(C(F)F)cc1. The van der Waals surface area contributed by atoms with Crippen LogP contribution in [-0.4, -0.2) is 12.6 Å². The summed E-state index contributed by atoms with van der Waals surface area (Å²) in [6.45, 7) is 1.88. The predicted octanol–water partition coefficient (Wildman–Crippen LogP) is 3.30. The van der Waals surface area contributed by atoms with Gasteiger partial charge in [0.15, 0.2) is 0 Å². The number of esters is 1. The van der Waals surface area contributed by atoms with Gasteiger partial charge in [-0.2, -0.15) is 12.6 Å². The topological polar surface area (TPSA) is 52.3 Å². The van der Waals surface area contributed by atoms with Crippen LogP contribution in [0.1, 0.15) is 24.5 Å². The third kappa shape index (κ3) is 3.84. The Balaban J connectivity index is 3.10. The molecule has 0 unspecified atom stereocenters. The molecule has 108 valence electrons. The number of alkyl halides is 2. The van der Waals surface area contributed by atoms with Gasteiger partial charge in [-0.15, -0.1) is 0 Å². The molecule has 0 aliphatic carbocycles. The van der Waals surface area contributed by atoms with Crippen molar-refractivity contribution >= 4 is 24.2 Å². The summed E-state index contributed by atoms with van der Waals surface area (Å²) in [5.41, 5.74) is 6.44. The van der Waals surface area contributed by atoms with Gasteiger partial charge < -0.3 is 10.5 Å². The van der Waals surface area contributed by atoms with Crippen molar-refractivity contribution in [2.75, 3.05) is 6.61 Å². The minimum atomic E-state index is -2.54. The fraction of sp³-hybridized carbons (Fsp3) is 0.214. The van der Waals surface area contributed by atoms with Gasteiger partial charge in [-0.25, -0.2) is 13.6 Å². The molecule has 0 amide bonds. The standard InChI is InChI=1S/C14H15F2NO2S/c1-2-19-14(18)11(7-17)12(8-20)9-3-5-10(6-4-9)13(15)16/h3-8,13,20H,2,17H2,1H3/b11-7-,12-8-. The van der Waals surface area contributed by atoms with Crippen LogP contribution in [0.5, 0.6) is 0 Å². The molecule has 3 nitrogen and oxygen atoms in total. The third-order valence-electron chi connectivity index (χ3n) is 2.55. The molecular formula is C14H15F2NO2S. The van der Waals surface area contributed by atoms with Crippen LogP contribution >= 0.6 is 12.6 Å². The number of ether oxygens (including phenoxy) is 1. The molecule has 0 spiro atoms. The molecule has 0 bridgehead atoms. The summed E-state index contributed by atoms with van der Waals surface area (Å²) in [7, 11) is 0. The predicted molar refractivity (Wildman–Crippen MR) is 77.3 cm³/mol. The first kappa shape index (κ1) is 16.2. The summed E-state index contributed by atoms with van der Waals surface area (Å²) in [6, 6.07) is 5.53. The summed E-state index contributed by atoms with van der Waals surface area (Å²) >= 11 is 4.04. The Morgan fingerprint density at radius 2 is 2.00 bits per heavy atom. The van der Waals surface area contributed by atoms with Crippen molar-refractivity contribution in [3.8, 4) is 0 Å². The van der Waals surface area contributed by atoms with Gasteiger partial charge in [0.05, 0.1) is 12.2 Å². The lowest BCUT2D eigenvalue weighted by molar-refractivity contribution is -0.137. The molecule has 20 heavy (non-hydrogen) atoms. The van der Waals surface area contributed by atoms with E-state index in [4.69, 9.17) is 10.5 Å². The van der Waals surface area contributed by atoms with Crippen molar-refractivity contribution in [1.82, 2.24) is 0 Å². The summed E-state index contributed by atoms with van der Waals surface area (Å²) in [4.78, 5) is 11.8. The number of rotatable bonds is 5. The van der Waals surface area contributed by atoms with Crippen LogP contribution in [-0.2, 0) is 9.53 Å². The molecule has 0 aliphatic rings. The highest BCUT2D eigenvalue weighted by Gasteiger charge is 2.17. The van der Waals surface area contributed by atoms with E-state index < -0.39 is 12.4 Å². The van der Waals surface area contributed by atoms with E-state index in [0.29, 0.717) is 11.1 Å². The summed E-state index contributed by atoms with van der Waals surface area (Å²) in [5, 5.41) is 1.38. The smallest absolute Gasteiger partial charge is 0.340 e. The monoisotopic (exact) mass is 299 g/mol. The Morgan fingerprint density at radius 3 is 2.40 bits per heavy atom. The van der Waals surface area contributed by atoms with Crippen LogP contribution in [0, 0.1) is 0 Å². The number of hydrogen-bond acceptors (Lipinski definition) is 4. The van der Waals surface area contributed by atoms with Gasteiger partial charge >= 0.3 is 5.97 Å². The summed E-state index contributed by atoms with van der Waals surface area (Å²) in [5.74, 6) is -0.590. The molecule has 2 N–H and O–H groups in total. The van der Waals surface area contributed by atoms with Gasteiger partial charge in [-0.1, -0.05) is 24.3 Å². The van der Waals surface area contributed by atoms with E-state index in [0.717, 1.165) is 6.20 Å². The lowest BCUT2D eigenvalue weighted by atomic mass is 9.99. The highest BCUT2D eigenvalue weighted by atomic mass is 32.1. The van der Waals surface area contributed by atoms with E-state index in [2.05, 4.69) is 12.6 Å². The van der Waals surface area contributed by atoms with Crippen molar-refractivity contribution in [1.29, 1.82) is 0 Å². The highest BCUT2D eigenvalue weighted by molar-refractivity contribution is 7.83. The van der Waals surface area contributed by atoms with E-state index in [1.165, 1.54) is 29.7 Å². The first-order valence-corrected chi connectivity index (χ1v) is 6.39. The van der Waals surface area contributed by atoms with Crippen molar-refractivity contribution in [2.24, 2.45) is 5.73 Å². The molecule has 0 saturated carbocycles. The second-order valence-corrected chi connectivity index (χ2v) is 4.02. The van der Waals surface area contributed by atoms with Crippen LogP contribution in [0.25, 0.3) is 5.57 Å². The molecule has 0 aliphatic heterocycles. The molecule has 1 aromatic carbocycles. The van der Waals surface area contributed by atoms with Gasteiger partial charge in [0, 0.05) is 17.3 Å². The van der Waals surface area contributed by atoms with Crippen molar-refractivity contribution in [2.45, 2.75) is 13.3 Å². The Bertz CT molecular complexity index is 524.